The van der Waals surface area contributed by atoms with Gasteiger partial charge in [0, 0.05) is 0 Å². The summed E-state index contributed by atoms with van der Waals surface area (Å²) in [6.45, 7) is 2.11. The van der Waals surface area contributed by atoms with E-state index in [1.807, 2.05) is 24.3 Å². The minimum atomic E-state index is -0.745. The molecule has 21 heavy (non-hydrogen) atoms. The van der Waals surface area contributed by atoms with Gasteiger partial charge in [0.25, 0.3) is 0 Å². The molecule has 0 aromatic heterocycles. The molecule has 0 bridgehead atoms. The molecule has 0 saturated heterocycles. The molecule has 116 valence electrons. The van der Waals surface area contributed by atoms with Crippen LogP contribution in [0.3, 0.4) is 0 Å². The standard InChI is InChI=1S/C18H26O3/c1-2-14-6-8-15(9-7-14)16(19)12-18(13-17(20)21)10-4-3-5-11-18/h6-9,16,19H,2-5,10-13H2,1H3,(H,20,21). The average molecular weight is 290 g/mol. The zero-order valence-electron chi connectivity index (χ0n) is 12.8. The first-order valence-corrected chi connectivity index (χ1v) is 8.03. The Morgan fingerprint density at radius 2 is 1.81 bits per heavy atom. The molecular formula is C18H26O3. The highest BCUT2D eigenvalue weighted by atomic mass is 16.4. The van der Waals surface area contributed by atoms with Crippen molar-refractivity contribution in [3.05, 3.63) is 35.4 Å². The SMILES string of the molecule is CCc1ccc(C(O)CC2(CC(=O)O)CCCCC2)cc1. The first kappa shape index (κ1) is 16.0. The summed E-state index contributed by atoms with van der Waals surface area (Å²) in [6.07, 6.45) is 6.34. The van der Waals surface area contributed by atoms with Crippen molar-refractivity contribution in [3.63, 3.8) is 0 Å². The third kappa shape index (κ3) is 4.31. The molecule has 0 spiro atoms. The Morgan fingerprint density at radius 1 is 1.19 bits per heavy atom. The van der Waals surface area contributed by atoms with Gasteiger partial charge in [0.05, 0.1) is 12.5 Å². The number of carboxylic acids is 1. The number of carboxylic acid groups (broad SMARTS) is 1. The van der Waals surface area contributed by atoms with Crippen molar-refractivity contribution >= 4 is 5.97 Å². The van der Waals surface area contributed by atoms with Crippen LogP contribution in [0.5, 0.6) is 0 Å². The molecule has 0 amide bonds. The predicted octanol–water partition coefficient (Wildman–Crippen LogP) is 4.10. The zero-order valence-corrected chi connectivity index (χ0v) is 12.8. The van der Waals surface area contributed by atoms with E-state index in [4.69, 9.17) is 0 Å². The van der Waals surface area contributed by atoms with Gasteiger partial charge < -0.3 is 10.2 Å². The molecule has 2 rings (SSSR count). The number of benzene rings is 1. The van der Waals surface area contributed by atoms with Gasteiger partial charge in [-0.2, -0.15) is 0 Å². The molecule has 3 nitrogen and oxygen atoms in total. The van der Waals surface area contributed by atoms with Gasteiger partial charge in [-0.25, -0.2) is 0 Å². The summed E-state index contributed by atoms with van der Waals surface area (Å²) in [5.74, 6) is -0.745. The maximum atomic E-state index is 11.2. The average Bonchev–Trinajstić information content (AvgIpc) is 2.47. The third-order valence-corrected chi connectivity index (χ3v) is 4.84. The van der Waals surface area contributed by atoms with Gasteiger partial charge in [-0.15, -0.1) is 0 Å². The molecule has 1 aromatic carbocycles. The van der Waals surface area contributed by atoms with E-state index in [0.717, 1.165) is 37.7 Å². The van der Waals surface area contributed by atoms with E-state index in [9.17, 15) is 15.0 Å². The van der Waals surface area contributed by atoms with Gasteiger partial charge in [-0.1, -0.05) is 50.5 Å². The van der Waals surface area contributed by atoms with E-state index >= 15 is 0 Å². The van der Waals surface area contributed by atoms with Crippen LogP contribution in [0.4, 0.5) is 0 Å². The summed E-state index contributed by atoms with van der Waals surface area (Å²) >= 11 is 0. The molecule has 2 N–H and O–H groups in total. The lowest BCUT2D eigenvalue weighted by atomic mass is 9.68. The summed E-state index contributed by atoms with van der Waals surface area (Å²) < 4.78 is 0. The quantitative estimate of drug-likeness (QED) is 0.829. The monoisotopic (exact) mass is 290 g/mol. The number of rotatable bonds is 6. The Kier molecular flexibility index (Phi) is 5.40. The first-order valence-electron chi connectivity index (χ1n) is 8.03. The maximum Gasteiger partial charge on any atom is 0.303 e. The van der Waals surface area contributed by atoms with Crippen LogP contribution < -0.4 is 0 Å². The molecule has 0 aliphatic heterocycles. The van der Waals surface area contributed by atoms with Crippen LogP contribution in [-0.2, 0) is 11.2 Å². The Morgan fingerprint density at radius 3 is 2.33 bits per heavy atom. The lowest BCUT2D eigenvalue weighted by Gasteiger charge is -2.37. The second-order valence-electron chi connectivity index (χ2n) is 6.45. The fraction of sp³-hybridized carbons (Fsp3) is 0.611. The summed E-state index contributed by atoms with van der Waals surface area (Å²) in [4.78, 5) is 11.2. The van der Waals surface area contributed by atoms with Crippen molar-refractivity contribution in [2.75, 3.05) is 0 Å². The molecule has 0 heterocycles. The van der Waals surface area contributed by atoms with Gasteiger partial charge in [-0.05, 0) is 42.2 Å². The van der Waals surface area contributed by atoms with E-state index < -0.39 is 12.1 Å². The molecule has 1 fully saturated rings. The summed E-state index contributed by atoms with van der Waals surface area (Å²) in [6, 6.07) is 8.04. The molecular weight excluding hydrogens is 264 g/mol. The number of hydrogen-bond acceptors (Lipinski definition) is 2. The molecule has 3 heteroatoms. The Labute approximate surface area is 127 Å². The van der Waals surface area contributed by atoms with Crippen molar-refractivity contribution in [2.24, 2.45) is 5.41 Å². The van der Waals surface area contributed by atoms with Gasteiger partial charge >= 0.3 is 5.97 Å². The zero-order chi connectivity index (χ0) is 15.3. The van der Waals surface area contributed by atoms with Crippen molar-refractivity contribution in [1.29, 1.82) is 0 Å². The van der Waals surface area contributed by atoms with Crippen molar-refractivity contribution in [2.45, 2.75) is 64.4 Å². The van der Waals surface area contributed by atoms with E-state index in [0.29, 0.717) is 6.42 Å². The molecule has 1 aliphatic rings. The Hall–Kier alpha value is -1.35. The maximum absolute atomic E-state index is 11.2. The second-order valence-corrected chi connectivity index (χ2v) is 6.45. The molecule has 1 saturated carbocycles. The van der Waals surface area contributed by atoms with Crippen molar-refractivity contribution < 1.29 is 15.0 Å². The number of aliphatic hydroxyl groups is 1. The minimum absolute atomic E-state index is 0.178. The highest BCUT2D eigenvalue weighted by Gasteiger charge is 2.36. The first-order chi connectivity index (χ1) is 10.0. The summed E-state index contributed by atoms with van der Waals surface area (Å²) in [7, 11) is 0. The normalized spacial score (nSPS) is 19.1. The predicted molar refractivity (Wildman–Crippen MR) is 83.2 cm³/mol. The number of carbonyl (C=O) groups is 1. The van der Waals surface area contributed by atoms with Gasteiger partial charge in [0.2, 0.25) is 0 Å². The van der Waals surface area contributed by atoms with Crippen LogP contribution in [0.1, 0.15) is 69.1 Å². The van der Waals surface area contributed by atoms with Crippen LogP contribution in [0.25, 0.3) is 0 Å². The van der Waals surface area contributed by atoms with Crippen LogP contribution in [0.15, 0.2) is 24.3 Å². The molecule has 1 aromatic rings. The fourth-order valence-electron chi connectivity index (χ4n) is 3.58. The van der Waals surface area contributed by atoms with E-state index in [1.165, 1.54) is 12.0 Å². The Balaban J connectivity index is 2.09. The van der Waals surface area contributed by atoms with Crippen LogP contribution in [-0.4, -0.2) is 16.2 Å². The summed E-state index contributed by atoms with van der Waals surface area (Å²) in [5.41, 5.74) is 1.93. The summed E-state index contributed by atoms with van der Waals surface area (Å²) in [5, 5.41) is 19.7. The van der Waals surface area contributed by atoms with Gasteiger partial charge in [0.15, 0.2) is 0 Å². The topological polar surface area (TPSA) is 57.5 Å². The lowest BCUT2D eigenvalue weighted by molar-refractivity contribution is -0.141. The largest absolute Gasteiger partial charge is 0.481 e. The molecule has 1 aliphatic carbocycles. The van der Waals surface area contributed by atoms with Crippen LogP contribution in [0.2, 0.25) is 0 Å². The van der Waals surface area contributed by atoms with Crippen molar-refractivity contribution in [1.82, 2.24) is 0 Å². The number of aliphatic hydroxyl groups excluding tert-OH is 1. The smallest absolute Gasteiger partial charge is 0.303 e. The van der Waals surface area contributed by atoms with Gasteiger partial charge in [0.1, 0.15) is 0 Å². The van der Waals surface area contributed by atoms with Gasteiger partial charge in [-0.3, -0.25) is 4.79 Å². The molecule has 0 radical (unpaired) electrons. The van der Waals surface area contributed by atoms with Crippen LogP contribution in [0, 0.1) is 5.41 Å². The van der Waals surface area contributed by atoms with E-state index in [-0.39, 0.29) is 11.8 Å². The van der Waals surface area contributed by atoms with E-state index in [1.54, 1.807) is 0 Å². The molecule has 1 atom stereocenters. The number of hydrogen-bond donors (Lipinski definition) is 2. The number of aliphatic carboxylic acids is 1. The lowest BCUT2D eigenvalue weighted by Crippen LogP contribution is -2.29. The fourth-order valence-corrected chi connectivity index (χ4v) is 3.58. The highest BCUT2D eigenvalue weighted by molar-refractivity contribution is 5.67. The van der Waals surface area contributed by atoms with E-state index in [2.05, 4.69) is 6.92 Å². The molecule has 1 unspecified atom stereocenters. The van der Waals surface area contributed by atoms with Crippen LogP contribution >= 0.6 is 0 Å². The minimum Gasteiger partial charge on any atom is -0.481 e. The highest BCUT2D eigenvalue weighted by Crippen LogP contribution is 2.45. The number of aryl methyl sites for hydroxylation is 1. The Bertz CT molecular complexity index is 458. The second kappa shape index (κ2) is 7.08. The van der Waals surface area contributed by atoms with Crippen molar-refractivity contribution in [3.8, 4) is 0 Å². The third-order valence-electron chi connectivity index (χ3n) is 4.84.